The zero-order chi connectivity index (χ0) is 13.8. The number of phenols is 1. The fraction of sp³-hybridized carbons (Fsp3) is 0.500. The minimum Gasteiger partial charge on any atom is -0.504 e. The fourth-order valence-corrected chi connectivity index (χ4v) is 2.91. The highest BCUT2D eigenvalue weighted by molar-refractivity contribution is 9.10. The molecule has 0 saturated heterocycles. The van der Waals surface area contributed by atoms with Crippen LogP contribution in [0.1, 0.15) is 37.7 Å². The predicted octanol–water partition coefficient (Wildman–Crippen LogP) is 3.49. The van der Waals surface area contributed by atoms with Crippen molar-refractivity contribution < 1.29 is 19.7 Å². The Balaban J connectivity index is 2.09. The van der Waals surface area contributed by atoms with Gasteiger partial charge in [0, 0.05) is 6.42 Å². The van der Waals surface area contributed by atoms with Crippen molar-refractivity contribution in [2.45, 2.75) is 44.6 Å². The molecular formula is C14H17BrO4. The molecule has 1 aliphatic carbocycles. The lowest BCUT2D eigenvalue weighted by Gasteiger charge is -2.16. The topological polar surface area (TPSA) is 66.8 Å². The van der Waals surface area contributed by atoms with E-state index < -0.39 is 5.97 Å². The molecule has 5 heteroatoms. The smallest absolute Gasteiger partial charge is 0.303 e. The molecule has 0 bridgehead atoms. The van der Waals surface area contributed by atoms with Crippen molar-refractivity contribution in [3.05, 3.63) is 22.2 Å². The summed E-state index contributed by atoms with van der Waals surface area (Å²) in [6, 6.07) is 3.39. The standard InChI is InChI=1S/C14H17BrO4/c15-11-7-9(5-6-13(17)18)8-12(16)14(11)19-10-3-1-2-4-10/h7-8,10,16H,1-6H2,(H,17,18). The summed E-state index contributed by atoms with van der Waals surface area (Å²) in [5.74, 6) is -0.311. The summed E-state index contributed by atoms with van der Waals surface area (Å²) in [7, 11) is 0. The van der Waals surface area contributed by atoms with Crippen molar-refractivity contribution in [2.24, 2.45) is 0 Å². The maximum Gasteiger partial charge on any atom is 0.303 e. The van der Waals surface area contributed by atoms with Crippen LogP contribution >= 0.6 is 15.9 Å². The number of ether oxygens (including phenoxy) is 1. The van der Waals surface area contributed by atoms with Gasteiger partial charge in [-0.15, -0.1) is 0 Å². The molecule has 0 atom stereocenters. The molecule has 1 aromatic rings. The molecule has 0 spiro atoms. The van der Waals surface area contributed by atoms with Crippen molar-refractivity contribution in [2.75, 3.05) is 0 Å². The van der Waals surface area contributed by atoms with Crippen LogP contribution in [0.2, 0.25) is 0 Å². The van der Waals surface area contributed by atoms with E-state index in [4.69, 9.17) is 9.84 Å². The Morgan fingerprint density at radius 1 is 1.37 bits per heavy atom. The number of aliphatic carboxylic acids is 1. The first-order chi connectivity index (χ1) is 9.06. The SMILES string of the molecule is O=C(O)CCc1cc(O)c(OC2CCCC2)c(Br)c1. The van der Waals surface area contributed by atoms with Gasteiger partial charge in [-0.1, -0.05) is 0 Å². The zero-order valence-electron chi connectivity index (χ0n) is 10.6. The number of halogens is 1. The number of carbonyl (C=O) groups is 1. The number of benzene rings is 1. The van der Waals surface area contributed by atoms with E-state index in [0.29, 0.717) is 16.6 Å². The van der Waals surface area contributed by atoms with Gasteiger partial charge in [-0.3, -0.25) is 4.79 Å². The molecule has 104 valence electrons. The van der Waals surface area contributed by atoms with Gasteiger partial charge in [0.1, 0.15) is 0 Å². The van der Waals surface area contributed by atoms with Crippen LogP contribution in [-0.2, 0) is 11.2 Å². The molecule has 2 rings (SSSR count). The van der Waals surface area contributed by atoms with E-state index in [1.807, 2.05) is 6.07 Å². The lowest BCUT2D eigenvalue weighted by Crippen LogP contribution is -2.11. The van der Waals surface area contributed by atoms with Crippen LogP contribution in [0.25, 0.3) is 0 Å². The van der Waals surface area contributed by atoms with Gasteiger partial charge < -0.3 is 14.9 Å². The van der Waals surface area contributed by atoms with Crippen molar-refractivity contribution in [1.29, 1.82) is 0 Å². The van der Waals surface area contributed by atoms with Crippen molar-refractivity contribution >= 4 is 21.9 Å². The van der Waals surface area contributed by atoms with E-state index >= 15 is 0 Å². The highest BCUT2D eigenvalue weighted by Crippen LogP contribution is 2.38. The lowest BCUT2D eigenvalue weighted by atomic mass is 10.1. The second kappa shape index (κ2) is 6.28. The summed E-state index contributed by atoms with van der Waals surface area (Å²) in [5, 5.41) is 18.7. The van der Waals surface area contributed by atoms with Gasteiger partial charge in [-0.2, -0.15) is 0 Å². The normalized spacial score (nSPS) is 15.6. The predicted molar refractivity (Wildman–Crippen MR) is 74.6 cm³/mol. The largest absolute Gasteiger partial charge is 0.504 e. The molecule has 0 radical (unpaired) electrons. The first-order valence-corrected chi connectivity index (χ1v) is 7.25. The Bertz CT molecular complexity index is 444. The van der Waals surface area contributed by atoms with E-state index in [9.17, 15) is 9.90 Å². The van der Waals surface area contributed by atoms with Crippen LogP contribution in [0.5, 0.6) is 11.5 Å². The molecule has 0 aliphatic heterocycles. The molecule has 1 fully saturated rings. The van der Waals surface area contributed by atoms with Crippen LogP contribution in [0.4, 0.5) is 0 Å². The van der Waals surface area contributed by atoms with Gasteiger partial charge in [-0.25, -0.2) is 0 Å². The summed E-state index contributed by atoms with van der Waals surface area (Å²) in [6.45, 7) is 0. The van der Waals surface area contributed by atoms with Crippen molar-refractivity contribution in [3.63, 3.8) is 0 Å². The maximum atomic E-state index is 10.5. The van der Waals surface area contributed by atoms with E-state index in [1.165, 1.54) is 12.8 Å². The number of phenolic OH excluding ortho intramolecular Hbond substituents is 1. The van der Waals surface area contributed by atoms with Crippen LogP contribution in [0.15, 0.2) is 16.6 Å². The Morgan fingerprint density at radius 2 is 2.05 bits per heavy atom. The zero-order valence-corrected chi connectivity index (χ0v) is 12.1. The summed E-state index contributed by atoms with van der Waals surface area (Å²) in [6.07, 6.45) is 4.99. The first kappa shape index (κ1) is 14.2. The van der Waals surface area contributed by atoms with Gasteiger partial charge in [0.2, 0.25) is 0 Å². The van der Waals surface area contributed by atoms with Crippen molar-refractivity contribution in [3.8, 4) is 11.5 Å². The average Bonchev–Trinajstić information content (AvgIpc) is 2.84. The first-order valence-electron chi connectivity index (χ1n) is 6.46. The summed E-state index contributed by atoms with van der Waals surface area (Å²) in [5.41, 5.74) is 0.783. The van der Waals surface area contributed by atoms with Gasteiger partial charge in [0.05, 0.1) is 10.6 Å². The monoisotopic (exact) mass is 328 g/mol. The number of carboxylic acids is 1. The van der Waals surface area contributed by atoms with Gasteiger partial charge >= 0.3 is 5.97 Å². The Kier molecular flexibility index (Phi) is 4.69. The maximum absolute atomic E-state index is 10.5. The molecule has 0 heterocycles. The molecule has 0 unspecified atom stereocenters. The molecule has 0 amide bonds. The Hall–Kier alpha value is -1.23. The van der Waals surface area contributed by atoms with E-state index in [2.05, 4.69) is 15.9 Å². The third-order valence-corrected chi connectivity index (χ3v) is 3.89. The lowest BCUT2D eigenvalue weighted by molar-refractivity contribution is -0.136. The highest BCUT2D eigenvalue weighted by atomic mass is 79.9. The van der Waals surface area contributed by atoms with E-state index in [-0.39, 0.29) is 18.3 Å². The summed E-state index contributed by atoms with van der Waals surface area (Å²) in [4.78, 5) is 10.5. The Labute approximate surface area is 120 Å². The second-order valence-electron chi connectivity index (χ2n) is 4.84. The van der Waals surface area contributed by atoms with Crippen LogP contribution in [0.3, 0.4) is 0 Å². The van der Waals surface area contributed by atoms with Gasteiger partial charge in [-0.05, 0) is 65.7 Å². The fourth-order valence-electron chi connectivity index (χ4n) is 2.32. The molecule has 2 N–H and O–H groups in total. The second-order valence-corrected chi connectivity index (χ2v) is 5.70. The number of rotatable bonds is 5. The molecule has 19 heavy (non-hydrogen) atoms. The van der Waals surface area contributed by atoms with Crippen LogP contribution < -0.4 is 4.74 Å². The third kappa shape index (κ3) is 3.86. The molecule has 4 nitrogen and oxygen atoms in total. The van der Waals surface area contributed by atoms with Crippen LogP contribution in [-0.4, -0.2) is 22.3 Å². The van der Waals surface area contributed by atoms with Crippen LogP contribution in [0, 0.1) is 0 Å². The van der Waals surface area contributed by atoms with E-state index in [1.54, 1.807) is 6.07 Å². The number of aromatic hydroxyl groups is 1. The highest BCUT2D eigenvalue weighted by Gasteiger charge is 2.20. The quantitative estimate of drug-likeness (QED) is 0.868. The van der Waals surface area contributed by atoms with Crippen molar-refractivity contribution in [1.82, 2.24) is 0 Å². The molecule has 1 saturated carbocycles. The molecule has 0 aromatic heterocycles. The summed E-state index contributed by atoms with van der Waals surface area (Å²) < 4.78 is 6.48. The number of hydrogen-bond acceptors (Lipinski definition) is 3. The molecule has 1 aromatic carbocycles. The third-order valence-electron chi connectivity index (χ3n) is 3.30. The average molecular weight is 329 g/mol. The van der Waals surface area contributed by atoms with Gasteiger partial charge in [0.15, 0.2) is 11.5 Å². The minimum absolute atomic E-state index is 0.0503. The number of carboxylic acid groups (broad SMARTS) is 1. The molecule has 1 aliphatic rings. The Morgan fingerprint density at radius 3 is 2.63 bits per heavy atom. The minimum atomic E-state index is -0.845. The molecular weight excluding hydrogens is 312 g/mol. The number of hydrogen-bond donors (Lipinski definition) is 2. The number of aryl methyl sites for hydroxylation is 1. The summed E-state index contributed by atoms with van der Waals surface area (Å²) >= 11 is 3.38. The van der Waals surface area contributed by atoms with E-state index in [0.717, 1.165) is 18.4 Å². The van der Waals surface area contributed by atoms with Gasteiger partial charge in [0.25, 0.3) is 0 Å².